The maximum absolute atomic E-state index is 11.7. The Morgan fingerprint density at radius 1 is 1.39 bits per heavy atom. The van der Waals surface area contributed by atoms with E-state index in [0.29, 0.717) is 0 Å². The second kappa shape index (κ2) is 4.57. The Labute approximate surface area is 109 Å². The average molecular weight is 261 g/mol. The molecule has 0 bridgehead atoms. The Hall–Kier alpha value is -1.62. The van der Waals surface area contributed by atoms with Crippen molar-refractivity contribution in [2.45, 2.75) is 26.2 Å². The van der Waals surface area contributed by atoms with Gasteiger partial charge in [0.25, 0.3) is 0 Å². The van der Waals surface area contributed by atoms with E-state index >= 15 is 0 Å². The van der Waals surface area contributed by atoms with Crippen molar-refractivity contribution in [1.29, 1.82) is 0 Å². The standard InChI is InChI=1S/C13H15N3OS/c1-8-6-10(18-7-8)11-9-4-2-3-5-14-12(9)16-13(17)15-11/h6-7H,2-5H2,1H3,(H2,14,15,16,17). The number of hydrogen-bond acceptors (Lipinski definition) is 4. The van der Waals surface area contributed by atoms with Crippen molar-refractivity contribution < 1.29 is 0 Å². The summed E-state index contributed by atoms with van der Waals surface area (Å²) >= 11 is 1.67. The van der Waals surface area contributed by atoms with Gasteiger partial charge in [-0.3, -0.25) is 0 Å². The van der Waals surface area contributed by atoms with Crippen LogP contribution in [0.2, 0.25) is 0 Å². The topological polar surface area (TPSA) is 57.8 Å². The summed E-state index contributed by atoms with van der Waals surface area (Å²) in [5, 5.41) is 5.36. The highest BCUT2D eigenvalue weighted by Gasteiger charge is 2.16. The molecule has 2 aromatic rings. The Bertz CT molecular complexity index is 629. The highest BCUT2D eigenvalue weighted by molar-refractivity contribution is 7.13. The van der Waals surface area contributed by atoms with E-state index in [4.69, 9.17) is 0 Å². The van der Waals surface area contributed by atoms with Crippen LogP contribution in [-0.4, -0.2) is 16.5 Å². The molecular formula is C13H15N3OS. The maximum atomic E-state index is 11.7. The van der Waals surface area contributed by atoms with Crippen molar-refractivity contribution >= 4 is 17.2 Å². The van der Waals surface area contributed by atoms with Crippen LogP contribution in [0.5, 0.6) is 0 Å². The zero-order valence-corrected chi connectivity index (χ0v) is 11.1. The first-order valence-corrected chi connectivity index (χ1v) is 7.04. The smallest absolute Gasteiger partial charge is 0.347 e. The third kappa shape index (κ3) is 2.06. The molecular weight excluding hydrogens is 246 g/mol. The molecule has 0 saturated carbocycles. The fraction of sp³-hybridized carbons (Fsp3) is 0.385. The van der Waals surface area contributed by atoms with Gasteiger partial charge in [0, 0.05) is 12.1 Å². The van der Waals surface area contributed by atoms with Crippen LogP contribution in [0.15, 0.2) is 16.2 Å². The molecule has 2 N–H and O–H groups in total. The monoisotopic (exact) mass is 261 g/mol. The predicted octanol–water partition coefficient (Wildman–Crippen LogP) is 2.56. The SMILES string of the molecule is Cc1csc(-c2[nH]c(=O)nc3c2CCCCN3)c1. The van der Waals surface area contributed by atoms with Crippen LogP contribution >= 0.6 is 11.3 Å². The Kier molecular flexibility index (Phi) is 2.91. The van der Waals surface area contributed by atoms with Crippen molar-refractivity contribution in [3.63, 3.8) is 0 Å². The quantitative estimate of drug-likeness (QED) is 0.829. The van der Waals surface area contributed by atoms with Gasteiger partial charge in [-0.2, -0.15) is 4.98 Å². The van der Waals surface area contributed by atoms with Gasteiger partial charge in [-0.05, 0) is 43.2 Å². The summed E-state index contributed by atoms with van der Waals surface area (Å²) in [6.45, 7) is 2.96. The largest absolute Gasteiger partial charge is 0.370 e. The fourth-order valence-corrected chi connectivity index (χ4v) is 3.22. The maximum Gasteiger partial charge on any atom is 0.347 e. The van der Waals surface area contributed by atoms with Crippen LogP contribution in [0.1, 0.15) is 24.0 Å². The molecule has 0 aromatic carbocycles. The summed E-state index contributed by atoms with van der Waals surface area (Å²) in [6.07, 6.45) is 3.22. The van der Waals surface area contributed by atoms with Crippen LogP contribution in [0.3, 0.4) is 0 Å². The van der Waals surface area contributed by atoms with E-state index in [-0.39, 0.29) is 5.69 Å². The number of rotatable bonds is 1. The highest BCUT2D eigenvalue weighted by atomic mass is 32.1. The molecule has 0 radical (unpaired) electrons. The molecule has 1 aliphatic heterocycles. The molecule has 0 atom stereocenters. The van der Waals surface area contributed by atoms with Crippen molar-refractivity contribution in [3.05, 3.63) is 33.1 Å². The van der Waals surface area contributed by atoms with Gasteiger partial charge in [-0.1, -0.05) is 0 Å². The Morgan fingerprint density at radius 3 is 3.06 bits per heavy atom. The van der Waals surface area contributed by atoms with Gasteiger partial charge >= 0.3 is 5.69 Å². The number of fused-ring (bicyclic) bond motifs is 1. The number of anilines is 1. The number of thiophene rings is 1. The van der Waals surface area contributed by atoms with Crippen LogP contribution < -0.4 is 11.0 Å². The lowest BCUT2D eigenvalue weighted by Gasteiger charge is -2.09. The summed E-state index contributed by atoms with van der Waals surface area (Å²) < 4.78 is 0. The van der Waals surface area contributed by atoms with Gasteiger partial charge in [-0.25, -0.2) is 4.79 Å². The average Bonchev–Trinajstić information content (AvgIpc) is 2.63. The lowest BCUT2D eigenvalue weighted by Crippen LogP contribution is -2.16. The van der Waals surface area contributed by atoms with Crippen LogP contribution in [-0.2, 0) is 6.42 Å². The molecule has 94 valence electrons. The van der Waals surface area contributed by atoms with Crippen molar-refractivity contribution in [2.24, 2.45) is 0 Å². The molecule has 2 aromatic heterocycles. The van der Waals surface area contributed by atoms with Gasteiger partial charge in [0.1, 0.15) is 5.82 Å². The predicted molar refractivity (Wildman–Crippen MR) is 74.3 cm³/mol. The van der Waals surface area contributed by atoms with E-state index in [2.05, 4.69) is 33.7 Å². The number of hydrogen-bond donors (Lipinski definition) is 2. The summed E-state index contributed by atoms with van der Waals surface area (Å²) in [5.74, 6) is 0.761. The second-order valence-electron chi connectivity index (χ2n) is 4.62. The number of aryl methyl sites for hydroxylation is 1. The molecule has 18 heavy (non-hydrogen) atoms. The lowest BCUT2D eigenvalue weighted by atomic mass is 10.1. The zero-order chi connectivity index (χ0) is 12.5. The van der Waals surface area contributed by atoms with Gasteiger partial charge in [0.15, 0.2) is 0 Å². The molecule has 4 nitrogen and oxygen atoms in total. The van der Waals surface area contributed by atoms with E-state index in [1.165, 1.54) is 5.56 Å². The fourth-order valence-electron chi connectivity index (χ4n) is 2.29. The van der Waals surface area contributed by atoms with Gasteiger partial charge in [0.2, 0.25) is 0 Å². The molecule has 1 aliphatic rings. The summed E-state index contributed by atoms with van der Waals surface area (Å²) in [4.78, 5) is 19.7. The molecule has 5 heteroatoms. The lowest BCUT2D eigenvalue weighted by molar-refractivity contribution is 0.785. The van der Waals surface area contributed by atoms with E-state index in [1.807, 2.05) is 0 Å². The van der Waals surface area contributed by atoms with E-state index in [1.54, 1.807) is 11.3 Å². The summed E-state index contributed by atoms with van der Waals surface area (Å²) in [7, 11) is 0. The van der Waals surface area contributed by atoms with Crippen LogP contribution in [0.4, 0.5) is 5.82 Å². The van der Waals surface area contributed by atoms with Gasteiger partial charge in [-0.15, -0.1) is 11.3 Å². The van der Waals surface area contributed by atoms with Crippen LogP contribution in [0.25, 0.3) is 10.6 Å². The first-order valence-electron chi connectivity index (χ1n) is 6.16. The van der Waals surface area contributed by atoms with Gasteiger partial charge in [0.05, 0.1) is 10.6 Å². The number of nitrogens with one attached hydrogen (secondary N) is 2. The number of aromatic amines is 1. The Morgan fingerprint density at radius 2 is 2.28 bits per heavy atom. The zero-order valence-electron chi connectivity index (χ0n) is 10.2. The van der Waals surface area contributed by atoms with Gasteiger partial charge < -0.3 is 10.3 Å². The second-order valence-corrected chi connectivity index (χ2v) is 5.53. The summed E-state index contributed by atoms with van der Waals surface area (Å²) in [5.41, 5.74) is 3.04. The molecule has 0 unspecified atom stereocenters. The van der Waals surface area contributed by atoms with E-state index in [0.717, 1.165) is 47.8 Å². The number of H-pyrrole nitrogens is 1. The van der Waals surface area contributed by atoms with E-state index < -0.39 is 0 Å². The Balaban J connectivity index is 2.19. The number of nitrogens with zero attached hydrogens (tertiary/aromatic N) is 1. The van der Waals surface area contributed by atoms with Crippen molar-refractivity contribution in [2.75, 3.05) is 11.9 Å². The minimum absolute atomic E-state index is 0.274. The highest BCUT2D eigenvalue weighted by Crippen LogP contribution is 2.31. The van der Waals surface area contributed by atoms with Crippen molar-refractivity contribution in [3.8, 4) is 10.6 Å². The molecule has 3 heterocycles. The molecule has 0 fully saturated rings. The minimum atomic E-state index is -0.274. The first-order chi connectivity index (χ1) is 8.74. The number of aromatic nitrogens is 2. The first kappa shape index (κ1) is 11.5. The summed E-state index contributed by atoms with van der Waals surface area (Å²) in [6, 6.07) is 2.11. The normalized spacial score (nSPS) is 14.7. The molecule has 0 saturated heterocycles. The molecule has 3 rings (SSSR count). The minimum Gasteiger partial charge on any atom is -0.370 e. The third-order valence-electron chi connectivity index (χ3n) is 3.16. The van der Waals surface area contributed by atoms with E-state index in [9.17, 15) is 4.79 Å². The van der Waals surface area contributed by atoms with Crippen LogP contribution in [0, 0.1) is 6.92 Å². The molecule has 0 aliphatic carbocycles. The third-order valence-corrected chi connectivity index (χ3v) is 4.22. The molecule has 0 amide bonds. The van der Waals surface area contributed by atoms with Crippen molar-refractivity contribution in [1.82, 2.24) is 9.97 Å². The molecule has 0 spiro atoms.